The molecule has 0 bridgehead atoms. The van der Waals surface area contributed by atoms with Crippen molar-refractivity contribution in [1.29, 1.82) is 0 Å². The van der Waals surface area contributed by atoms with Crippen molar-refractivity contribution in [3.8, 4) is 0 Å². The van der Waals surface area contributed by atoms with Gasteiger partial charge in [-0.25, -0.2) is 4.98 Å². The number of thioether (sulfide) groups is 1. The van der Waals surface area contributed by atoms with Crippen LogP contribution >= 0.6 is 11.8 Å². The molecule has 1 aromatic rings. The molecule has 2 aliphatic heterocycles. The summed E-state index contributed by atoms with van der Waals surface area (Å²) in [6.45, 7) is 11.3. The van der Waals surface area contributed by atoms with Gasteiger partial charge in [-0.1, -0.05) is 18.7 Å². The molecule has 2 saturated heterocycles. The van der Waals surface area contributed by atoms with Gasteiger partial charge in [-0.05, 0) is 46.1 Å². The number of nitrogens with one attached hydrogen (secondary N) is 1. The lowest BCUT2D eigenvalue weighted by atomic mass is 10.1. The van der Waals surface area contributed by atoms with E-state index in [1.54, 1.807) is 11.8 Å². The van der Waals surface area contributed by atoms with E-state index in [9.17, 15) is 4.79 Å². The van der Waals surface area contributed by atoms with Crippen molar-refractivity contribution in [3.05, 3.63) is 11.4 Å². The Hall–Kier alpha value is -1.05. The molecular formula is C19H32N4O2S. The van der Waals surface area contributed by atoms with Crippen molar-refractivity contribution < 1.29 is 9.53 Å². The summed E-state index contributed by atoms with van der Waals surface area (Å²) in [5.41, 5.74) is 2.22. The van der Waals surface area contributed by atoms with Gasteiger partial charge in [0.1, 0.15) is 0 Å². The minimum atomic E-state index is 0.118. The normalized spacial score (nSPS) is 22.0. The van der Waals surface area contributed by atoms with Crippen molar-refractivity contribution in [3.63, 3.8) is 0 Å². The van der Waals surface area contributed by atoms with Crippen LogP contribution in [0.5, 0.6) is 0 Å². The first-order valence-corrected chi connectivity index (χ1v) is 10.8. The van der Waals surface area contributed by atoms with Crippen LogP contribution in [0.15, 0.2) is 5.16 Å². The van der Waals surface area contributed by atoms with Crippen LogP contribution in [-0.2, 0) is 16.1 Å². The predicted molar refractivity (Wildman–Crippen MR) is 105 cm³/mol. The predicted octanol–water partition coefficient (Wildman–Crippen LogP) is 2.37. The summed E-state index contributed by atoms with van der Waals surface area (Å²) in [5, 5.41) is 4.14. The summed E-state index contributed by atoms with van der Waals surface area (Å²) in [5.74, 6) is 0.544. The summed E-state index contributed by atoms with van der Waals surface area (Å²) < 4.78 is 8.00. The van der Waals surface area contributed by atoms with E-state index in [0.29, 0.717) is 11.8 Å². The van der Waals surface area contributed by atoms with Gasteiger partial charge in [-0.3, -0.25) is 4.79 Å². The van der Waals surface area contributed by atoms with Gasteiger partial charge < -0.3 is 19.5 Å². The smallest absolute Gasteiger partial charge is 0.230 e. The van der Waals surface area contributed by atoms with Gasteiger partial charge in [-0.15, -0.1) is 0 Å². The molecule has 26 heavy (non-hydrogen) atoms. The zero-order valence-corrected chi connectivity index (χ0v) is 17.1. The minimum absolute atomic E-state index is 0.118. The molecule has 1 atom stereocenters. The molecule has 0 spiro atoms. The topological polar surface area (TPSA) is 59.4 Å². The Morgan fingerprint density at radius 1 is 1.31 bits per heavy atom. The largest absolute Gasteiger partial charge is 0.376 e. The lowest BCUT2D eigenvalue weighted by molar-refractivity contribution is -0.119. The molecule has 146 valence electrons. The van der Waals surface area contributed by atoms with Gasteiger partial charge in [-0.2, -0.15) is 0 Å². The molecule has 0 radical (unpaired) electrons. The molecule has 1 amide bonds. The van der Waals surface area contributed by atoms with Crippen LogP contribution in [0, 0.1) is 13.8 Å². The van der Waals surface area contributed by atoms with Crippen LogP contribution in [0.25, 0.3) is 0 Å². The summed E-state index contributed by atoms with van der Waals surface area (Å²) >= 11 is 1.54. The van der Waals surface area contributed by atoms with E-state index >= 15 is 0 Å². The van der Waals surface area contributed by atoms with Crippen LogP contribution in [0.3, 0.4) is 0 Å². The Bertz CT molecular complexity index is 605. The molecule has 6 nitrogen and oxygen atoms in total. The number of carbonyl (C=O) groups excluding carboxylic acids is 1. The van der Waals surface area contributed by atoms with E-state index in [-0.39, 0.29) is 12.0 Å². The number of rotatable bonds is 7. The third-order valence-corrected chi connectivity index (χ3v) is 6.54. The fraction of sp³-hybridized carbons (Fsp3) is 0.789. The first kappa shape index (κ1) is 19.7. The molecule has 3 rings (SSSR count). The minimum Gasteiger partial charge on any atom is -0.376 e. The monoisotopic (exact) mass is 380 g/mol. The lowest BCUT2D eigenvalue weighted by Gasteiger charge is -2.31. The van der Waals surface area contributed by atoms with E-state index in [4.69, 9.17) is 4.74 Å². The first-order chi connectivity index (χ1) is 12.6. The standard InChI is InChI=1S/C19H32N4O2S/c1-4-22-9-7-16(8-10-22)21-18(24)13-26-19-20-14(2)15(3)23(19)12-17-6-5-11-25-17/h16-17H,4-13H2,1-3H3,(H,21,24). The van der Waals surface area contributed by atoms with Gasteiger partial charge in [0.05, 0.1) is 24.1 Å². The molecule has 2 aliphatic rings. The van der Waals surface area contributed by atoms with Crippen molar-refractivity contribution >= 4 is 17.7 Å². The molecule has 1 unspecified atom stereocenters. The molecule has 3 heterocycles. The van der Waals surface area contributed by atoms with Gasteiger partial charge in [0.2, 0.25) is 5.91 Å². The zero-order chi connectivity index (χ0) is 18.5. The summed E-state index contributed by atoms with van der Waals surface area (Å²) in [6.07, 6.45) is 4.63. The highest BCUT2D eigenvalue weighted by Gasteiger charge is 2.22. The second-order valence-electron chi connectivity index (χ2n) is 7.38. The number of carbonyl (C=O) groups is 1. The van der Waals surface area contributed by atoms with Crippen LogP contribution < -0.4 is 5.32 Å². The number of hydrogen-bond acceptors (Lipinski definition) is 5. The van der Waals surface area contributed by atoms with E-state index < -0.39 is 0 Å². The van der Waals surface area contributed by atoms with Crippen molar-refractivity contribution in [2.75, 3.05) is 32.0 Å². The number of aryl methyl sites for hydroxylation is 1. The zero-order valence-electron chi connectivity index (χ0n) is 16.3. The Morgan fingerprint density at radius 2 is 2.08 bits per heavy atom. The average Bonchev–Trinajstić information content (AvgIpc) is 3.25. The quantitative estimate of drug-likeness (QED) is 0.736. The molecular weight excluding hydrogens is 348 g/mol. The number of hydrogen-bond donors (Lipinski definition) is 1. The number of ether oxygens (including phenoxy) is 1. The highest BCUT2D eigenvalue weighted by molar-refractivity contribution is 7.99. The fourth-order valence-corrected chi connectivity index (χ4v) is 4.65. The number of piperidine rings is 1. The second kappa shape index (κ2) is 9.24. The maximum absolute atomic E-state index is 12.4. The Morgan fingerprint density at radius 3 is 2.73 bits per heavy atom. The van der Waals surface area contributed by atoms with E-state index in [0.717, 1.165) is 69.3 Å². The van der Waals surface area contributed by atoms with Gasteiger partial charge >= 0.3 is 0 Å². The summed E-state index contributed by atoms with van der Waals surface area (Å²) in [6, 6.07) is 0.320. The van der Waals surface area contributed by atoms with Crippen LogP contribution in [0.1, 0.15) is 44.0 Å². The SMILES string of the molecule is CCN1CCC(NC(=O)CSc2nc(C)c(C)n2CC2CCCO2)CC1. The molecule has 0 aliphatic carbocycles. The van der Waals surface area contributed by atoms with Gasteiger partial charge in [0, 0.05) is 31.4 Å². The number of aromatic nitrogens is 2. The van der Waals surface area contributed by atoms with Crippen molar-refractivity contribution in [2.24, 2.45) is 0 Å². The Kier molecular flexibility index (Phi) is 7.00. The molecule has 0 saturated carbocycles. The molecule has 1 N–H and O–H groups in total. The summed E-state index contributed by atoms with van der Waals surface area (Å²) in [4.78, 5) is 19.5. The molecule has 7 heteroatoms. The van der Waals surface area contributed by atoms with E-state index in [1.165, 1.54) is 5.69 Å². The lowest BCUT2D eigenvalue weighted by Crippen LogP contribution is -2.45. The Balaban J connectivity index is 1.50. The molecule has 2 fully saturated rings. The maximum Gasteiger partial charge on any atom is 0.230 e. The Labute approximate surface area is 161 Å². The third-order valence-electron chi connectivity index (χ3n) is 5.57. The van der Waals surface area contributed by atoms with Crippen LogP contribution in [-0.4, -0.2) is 64.5 Å². The number of likely N-dealkylation sites (tertiary alicyclic amines) is 1. The summed E-state index contributed by atoms with van der Waals surface area (Å²) in [7, 11) is 0. The average molecular weight is 381 g/mol. The fourth-order valence-electron chi connectivity index (χ4n) is 3.73. The number of amides is 1. The van der Waals surface area contributed by atoms with Gasteiger partial charge in [0.25, 0.3) is 0 Å². The van der Waals surface area contributed by atoms with E-state index in [2.05, 4.69) is 33.6 Å². The van der Waals surface area contributed by atoms with Crippen molar-refractivity contribution in [2.45, 2.75) is 70.3 Å². The van der Waals surface area contributed by atoms with Crippen LogP contribution in [0.4, 0.5) is 0 Å². The third kappa shape index (κ3) is 5.02. The second-order valence-corrected chi connectivity index (χ2v) is 8.32. The van der Waals surface area contributed by atoms with Gasteiger partial charge in [0.15, 0.2) is 5.16 Å². The number of nitrogens with zero attached hydrogens (tertiary/aromatic N) is 3. The molecule has 1 aromatic heterocycles. The first-order valence-electron chi connectivity index (χ1n) is 9.86. The maximum atomic E-state index is 12.4. The van der Waals surface area contributed by atoms with E-state index in [1.807, 2.05) is 6.92 Å². The highest BCUT2D eigenvalue weighted by Crippen LogP contribution is 2.24. The highest BCUT2D eigenvalue weighted by atomic mass is 32.2. The van der Waals surface area contributed by atoms with Crippen molar-refractivity contribution in [1.82, 2.24) is 19.8 Å². The number of imidazole rings is 1. The van der Waals surface area contributed by atoms with Crippen LogP contribution in [0.2, 0.25) is 0 Å². The molecule has 0 aromatic carbocycles.